The molecule has 0 radical (unpaired) electrons. The molecule has 1 atom stereocenters. The topological polar surface area (TPSA) is 77.9 Å². The summed E-state index contributed by atoms with van der Waals surface area (Å²) in [5.41, 5.74) is 0.0620. The highest BCUT2D eigenvalue weighted by Gasteiger charge is 2.49. The van der Waals surface area contributed by atoms with Crippen LogP contribution in [0, 0.1) is 0 Å². The predicted octanol–water partition coefficient (Wildman–Crippen LogP) is 2.54. The van der Waals surface area contributed by atoms with Gasteiger partial charge in [-0.1, -0.05) is 23.7 Å². The minimum atomic E-state index is -0.890. The smallest absolute Gasteiger partial charge is 0.303 e. The largest absolute Gasteiger partial charge is 0.481 e. The third-order valence-corrected chi connectivity index (χ3v) is 4.90. The molecule has 1 saturated heterocycles. The number of rotatable bonds is 7. The molecule has 1 aromatic rings. The first-order valence-corrected chi connectivity index (χ1v) is 8.65. The SMILES string of the molecule is CC(=O)N1CCC1(C)C(=O)N(CCCC(=O)O)Cc1ccc(Cl)cc1. The summed E-state index contributed by atoms with van der Waals surface area (Å²) in [7, 11) is 0. The molecule has 136 valence electrons. The molecule has 0 saturated carbocycles. The molecule has 1 heterocycles. The lowest BCUT2D eigenvalue weighted by Crippen LogP contribution is -2.67. The number of hydrogen-bond acceptors (Lipinski definition) is 3. The Balaban J connectivity index is 2.15. The summed E-state index contributed by atoms with van der Waals surface area (Å²) in [5, 5.41) is 9.46. The van der Waals surface area contributed by atoms with E-state index in [1.54, 1.807) is 28.9 Å². The van der Waals surface area contributed by atoms with E-state index in [0.29, 0.717) is 37.5 Å². The Morgan fingerprint density at radius 1 is 1.28 bits per heavy atom. The maximum absolute atomic E-state index is 13.1. The van der Waals surface area contributed by atoms with Gasteiger partial charge in [0.2, 0.25) is 11.8 Å². The van der Waals surface area contributed by atoms with Gasteiger partial charge >= 0.3 is 5.97 Å². The van der Waals surface area contributed by atoms with Crippen LogP contribution in [0.3, 0.4) is 0 Å². The van der Waals surface area contributed by atoms with Gasteiger partial charge in [-0.2, -0.15) is 0 Å². The normalized spacial score (nSPS) is 19.2. The molecule has 0 aliphatic carbocycles. The fourth-order valence-electron chi connectivity index (χ4n) is 3.11. The zero-order chi connectivity index (χ0) is 18.6. The van der Waals surface area contributed by atoms with E-state index >= 15 is 0 Å². The minimum Gasteiger partial charge on any atom is -0.481 e. The second kappa shape index (κ2) is 7.87. The van der Waals surface area contributed by atoms with Crippen LogP contribution in [0.15, 0.2) is 24.3 Å². The molecule has 1 aromatic carbocycles. The highest BCUT2D eigenvalue weighted by Crippen LogP contribution is 2.33. The lowest BCUT2D eigenvalue weighted by atomic mass is 9.84. The Hall–Kier alpha value is -2.08. The predicted molar refractivity (Wildman–Crippen MR) is 94.1 cm³/mol. The summed E-state index contributed by atoms with van der Waals surface area (Å²) >= 11 is 5.90. The number of aliphatic carboxylic acids is 1. The number of hydrogen-bond donors (Lipinski definition) is 1. The molecule has 1 aliphatic rings. The number of carbonyl (C=O) groups excluding carboxylic acids is 2. The molecule has 0 spiro atoms. The van der Waals surface area contributed by atoms with Gasteiger partial charge in [-0.3, -0.25) is 14.4 Å². The quantitative estimate of drug-likeness (QED) is 0.804. The molecule has 2 amide bonds. The summed E-state index contributed by atoms with van der Waals surface area (Å²) in [6.45, 7) is 4.48. The lowest BCUT2D eigenvalue weighted by molar-refractivity contribution is -0.163. The van der Waals surface area contributed by atoms with E-state index in [-0.39, 0.29) is 18.2 Å². The van der Waals surface area contributed by atoms with Crippen molar-refractivity contribution in [2.24, 2.45) is 0 Å². The number of carboxylic acids is 1. The highest BCUT2D eigenvalue weighted by atomic mass is 35.5. The van der Waals surface area contributed by atoms with E-state index in [9.17, 15) is 14.4 Å². The van der Waals surface area contributed by atoms with Crippen LogP contribution in [-0.2, 0) is 20.9 Å². The Morgan fingerprint density at radius 2 is 1.92 bits per heavy atom. The van der Waals surface area contributed by atoms with Gasteiger partial charge in [-0.25, -0.2) is 0 Å². The van der Waals surface area contributed by atoms with E-state index in [1.165, 1.54) is 6.92 Å². The van der Waals surface area contributed by atoms with Crippen LogP contribution in [-0.4, -0.2) is 51.3 Å². The number of halogens is 1. The average Bonchev–Trinajstić information content (AvgIpc) is 2.52. The van der Waals surface area contributed by atoms with Crippen LogP contribution in [0.1, 0.15) is 38.7 Å². The summed E-state index contributed by atoms with van der Waals surface area (Å²) in [5.74, 6) is -1.16. The van der Waals surface area contributed by atoms with Gasteiger partial charge in [-0.05, 0) is 37.5 Å². The molecule has 6 nitrogen and oxygen atoms in total. The maximum atomic E-state index is 13.1. The number of benzene rings is 1. The van der Waals surface area contributed by atoms with Crippen molar-refractivity contribution in [3.8, 4) is 0 Å². The summed E-state index contributed by atoms with van der Waals surface area (Å²) in [4.78, 5) is 38.8. The molecule has 25 heavy (non-hydrogen) atoms. The molecule has 1 aliphatic heterocycles. The first-order valence-electron chi connectivity index (χ1n) is 8.28. The van der Waals surface area contributed by atoms with Crippen molar-refractivity contribution in [3.63, 3.8) is 0 Å². The van der Waals surface area contributed by atoms with Crippen LogP contribution >= 0.6 is 11.6 Å². The number of amides is 2. The van der Waals surface area contributed by atoms with E-state index in [4.69, 9.17) is 16.7 Å². The van der Waals surface area contributed by atoms with Crippen LogP contribution in [0.4, 0.5) is 0 Å². The zero-order valence-corrected chi connectivity index (χ0v) is 15.3. The second-order valence-corrected chi connectivity index (χ2v) is 6.98. The van der Waals surface area contributed by atoms with Crippen molar-refractivity contribution in [1.82, 2.24) is 9.80 Å². The third-order valence-electron chi connectivity index (χ3n) is 4.65. The molecule has 0 aromatic heterocycles. The van der Waals surface area contributed by atoms with Gasteiger partial charge in [0.15, 0.2) is 0 Å². The first-order chi connectivity index (χ1) is 11.7. The van der Waals surface area contributed by atoms with Crippen LogP contribution in [0.5, 0.6) is 0 Å². The van der Waals surface area contributed by atoms with Gasteiger partial charge in [-0.15, -0.1) is 0 Å². The Morgan fingerprint density at radius 3 is 2.40 bits per heavy atom. The van der Waals surface area contributed by atoms with E-state index in [0.717, 1.165) is 5.56 Å². The van der Waals surface area contributed by atoms with Crippen molar-refractivity contribution < 1.29 is 19.5 Å². The lowest BCUT2D eigenvalue weighted by Gasteiger charge is -2.50. The fraction of sp³-hybridized carbons (Fsp3) is 0.500. The van der Waals surface area contributed by atoms with Gasteiger partial charge in [0.05, 0.1) is 0 Å². The Kier molecular flexibility index (Phi) is 6.06. The maximum Gasteiger partial charge on any atom is 0.303 e. The van der Waals surface area contributed by atoms with Crippen molar-refractivity contribution in [1.29, 1.82) is 0 Å². The van der Waals surface area contributed by atoms with Crippen LogP contribution in [0.25, 0.3) is 0 Å². The monoisotopic (exact) mass is 366 g/mol. The number of nitrogens with zero attached hydrogens (tertiary/aromatic N) is 2. The zero-order valence-electron chi connectivity index (χ0n) is 14.5. The summed E-state index contributed by atoms with van der Waals surface area (Å²) < 4.78 is 0. The van der Waals surface area contributed by atoms with Crippen molar-refractivity contribution in [3.05, 3.63) is 34.9 Å². The molecule has 7 heteroatoms. The Labute approximate surface area is 152 Å². The van der Waals surface area contributed by atoms with E-state index in [1.807, 2.05) is 12.1 Å². The van der Waals surface area contributed by atoms with Gasteiger partial charge in [0.1, 0.15) is 5.54 Å². The third kappa shape index (κ3) is 4.51. The first kappa shape index (κ1) is 19.2. The highest BCUT2D eigenvalue weighted by molar-refractivity contribution is 6.30. The van der Waals surface area contributed by atoms with E-state index in [2.05, 4.69) is 0 Å². The van der Waals surface area contributed by atoms with E-state index < -0.39 is 11.5 Å². The van der Waals surface area contributed by atoms with Crippen LogP contribution < -0.4 is 0 Å². The van der Waals surface area contributed by atoms with Crippen molar-refractivity contribution in [2.75, 3.05) is 13.1 Å². The van der Waals surface area contributed by atoms with Gasteiger partial charge < -0.3 is 14.9 Å². The standard InChI is InChI=1S/C18H23ClN2O4/c1-13(22)21-11-9-18(21,2)17(25)20(10-3-4-16(23)24)12-14-5-7-15(19)8-6-14/h5-8H,3-4,9-12H2,1-2H3,(H,23,24). The second-order valence-electron chi connectivity index (χ2n) is 6.54. The molecular weight excluding hydrogens is 344 g/mol. The fourth-order valence-corrected chi connectivity index (χ4v) is 3.24. The van der Waals surface area contributed by atoms with Gasteiger partial charge in [0.25, 0.3) is 0 Å². The van der Waals surface area contributed by atoms with Crippen molar-refractivity contribution in [2.45, 2.75) is 45.2 Å². The molecule has 2 rings (SSSR count). The number of likely N-dealkylation sites (tertiary alicyclic amines) is 1. The Bertz CT molecular complexity index is 662. The van der Waals surface area contributed by atoms with Gasteiger partial charge in [0, 0.05) is 38.0 Å². The molecule has 0 bridgehead atoms. The number of carbonyl (C=O) groups is 3. The molecular formula is C18H23ClN2O4. The van der Waals surface area contributed by atoms with Crippen LogP contribution in [0.2, 0.25) is 5.02 Å². The van der Waals surface area contributed by atoms with Crippen molar-refractivity contribution >= 4 is 29.4 Å². The number of carboxylic acid groups (broad SMARTS) is 1. The molecule has 1 fully saturated rings. The minimum absolute atomic E-state index is 0.00245. The summed E-state index contributed by atoms with van der Waals surface area (Å²) in [6.07, 6.45) is 0.976. The molecule has 1 N–H and O–H groups in total. The molecule has 1 unspecified atom stereocenters. The summed E-state index contributed by atoms with van der Waals surface area (Å²) in [6, 6.07) is 7.19. The average molecular weight is 367 g/mol.